The standard InChI is InChI=1S/C15H17F2NO3S/c1-22(20,21)12-4-2-11(3-5-12)13(19)18-8-6-14(7-9-18)10-15(14,16)17/h2-5H,6-10H2,1H3. The summed E-state index contributed by atoms with van der Waals surface area (Å²) in [6.45, 7) is 0.643. The van der Waals surface area contributed by atoms with Crippen molar-refractivity contribution in [2.75, 3.05) is 19.3 Å². The van der Waals surface area contributed by atoms with Gasteiger partial charge in [-0.1, -0.05) is 0 Å². The van der Waals surface area contributed by atoms with Gasteiger partial charge in [-0.05, 0) is 37.1 Å². The molecule has 1 spiro atoms. The minimum Gasteiger partial charge on any atom is -0.339 e. The highest BCUT2D eigenvalue weighted by Crippen LogP contribution is 2.65. The van der Waals surface area contributed by atoms with E-state index >= 15 is 0 Å². The molecule has 1 saturated heterocycles. The number of amides is 1. The van der Waals surface area contributed by atoms with Gasteiger partial charge in [-0.15, -0.1) is 0 Å². The quantitative estimate of drug-likeness (QED) is 0.837. The number of nitrogens with zero attached hydrogens (tertiary/aromatic N) is 1. The fourth-order valence-electron chi connectivity index (χ4n) is 3.09. The van der Waals surface area contributed by atoms with Crippen molar-refractivity contribution in [1.29, 1.82) is 0 Å². The van der Waals surface area contributed by atoms with E-state index in [4.69, 9.17) is 0 Å². The number of hydrogen-bond donors (Lipinski definition) is 0. The lowest BCUT2D eigenvalue weighted by Crippen LogP contribution is -2.40. The molecule has 2 aliphatic rings. The van der Waals surface area contributed by atoms with E-state index in [0.717, 1.165) is 6.26 Å². The van der Waals surface area contributed by atoms with Crippen LogP contribution in [-0.4, -0.2) is 44.5 Å². The van der Waals surface area contributed by atoms with Crippen LogP contribution in [0, 0.1) is 5.41 Å². The van der Waals surface area contributed by atoms with Crippen LogP contribution in [0.2, 0.25) is 0 Å². The maximum absolute atomic E-state index is 13.3. The van der Waals surface area contributed by atoms with E-state index < -0.39 is 21.2 Å². The number of carbonyl (C=O) groups excluding carboxylic acids is 1. The summed E-state index contributed by atoms with van der Waals surface area (Å²) >= 11 is 0. The van der Waals surface area contributed by atoms with E-state index in [1.54, 1.807) is 4.90 Å². The van der Waals surface area contributed by atoms with E-state index in [0.29, 0.717) is 31.5 Å². The van der Waals surface area contributed by atoms with Gasteiger partial charge in [0.25, 0.3) is 11.8 Å². The number of alkyl halides is 2. The van der Waals surface area contributed by atoms with Crippen LogP contribution < -0.4 is 0 Å². The van der Waals surface area contributed by atoms with Gasteiger partial charge in [0.15, 0.2) is 9.84 Å². The van der Waals surface area contributed by atoms with Crippen molar-refractivity contribution in [2.24, 2.45) is 5.41 Å². The maximum atomic E-state index is 13.3. The first-order valence-electron chi connectivity index (χ1n) is 7.12. The predicted molar refractivity (Wildman–Crippen MR) is 76.7 cm³/mol. The molecule has 1 aliphatic carbocycles. The first-order chi connectivity index (χ1) is 10.1. The van der Waals surface area contributed by atoms with E-state index in [-0.39, 0.29) is 17.2 Å². The summed E-state index contributed by atoms with van der Waals surface area (Å²) in [5.41, 5.74) is -0.505. The number of carbonyl (C=O) groups is 1. The Morgan fingerprint density at radius 3 is 2.05 bits per heavy atom. The molecular formula is C15H17F2NO3S. The van der Waals surface area contributed by atoms with Crippen LogP contribution in [0.15, 0.2) is 29.2 Å². The number of benzene rings is 1. The molecule has 0 aromatic heterocycles. The minimum atomic E-state index is -3.30. The zero-order valence-corrected chi connectivity index (χ0v) is 13.0. The van der Waals surface area contributed by atoms with Crippen molar-refractivity contribution in [3.8, 4) is 0 Å². The number of hydrogen-bond acceptors (Lipinski definition) is 3. The molecule has 1 heterocycles. The van der Waals surface area contributed by atoms with Crippen LogP contribution in [0.5, 0.6) is 0 Å². The normalized spacial score (nSPS) is 22.6. The van der Waals surface area contributed by atoms with Crippen LogP contribution in [0.4, 0.5) is 8.78 Å². The lowest BCUT2D eigenvalue weighted by atomic mass is 9.92. The Bertz CT molecular complexity index is 705. The number of halogens is 2. The molecule has 3 rings (SSSR count). The average molecular weight is 329 g/mol. The maximum Gasteiger partial charge on any atom is 0.254 e. The van der Waals surface area contributed by atoms with Crippen molar-refractivity contribution < 1.29 is 22.0 Å². The molecular weight excluding hydrogens is 312 g/mol. The second-order valence-corrected chi connectivity index (χ2v) is 8.27. The average Bonchev–Trinajstić information content (AvgIpc) is 2.98. The Hall–Kier alpha value is -1.50. The molecule has 0 bridgehead atoms. The Balaban J connectivity index is 1.68. The largest absolute Gasteiger partial charge is 0.339 e. The summed E-state index contributed by atoms with van der Waals surface area (Å²) in [4.78, 5) is 14.1. The van der Waals surface area contributed by atoms with E-state index in [1.165, 1.54) is 24.3 Å². The third-order valence-electron chi connectivity index (χ3n) is 4.75. The highest BCUT2D eigenvalue weighted by atomic mass is 32.2. The molecule has 1 amide bonds. The smallest absolute Gasteiger partial charge is 0.254 e. The van der Waals surface area contributed by atoms with Gasteiger partial charge in [-0.2, -0.15) is 0 Å². The van der Waals surface area contributed by atoms with Gasteiger partial charge in [-0.25, -0.2) is 17.2 Å². The highest BCUT2D eigenvalue weighted by Gasteiger charge is 2.70. The Kier molecular flexibility index (Phi) is 3.32. The molecule has 4 nitrogen and oxygen atoms in total. The summed E-state index contributed by atoms with van der Waals surface area (Å²) in [6.07, 6.45) is 1.69. The van der Waals surface area contributed by atoms with Crippen LogP contribution in [0.25, 0.3) is 0 Å². The lowest BCUT2D eigenvalue weighted by molar-refractivity contribution is 0.0284. The summed E-state index contributed by atoms with van der Waals surface area (Å²) < 4.78 is 49.4. The molecule has 1 aromatic rings. The van der Waals surface area contributed by atoms with Crippen LogP contribution >= 0.6 is 0 Å². The second kappa shape index (κ2) is 4.75. The van der Waals surface area contributed by atoms with E-state index in [1.807, 2.05) is 0 Å². The Morgan fingerprint density at radius 2 is 1.64 bits per heavy atom. The first kappa shape index (κ1) is 15.4. The summed E-state index contributed by atoms with van der Waals surface area (Å²) in [7, 11) is -3.30. The zero-order valence-electron chi connectivity index (χ0n) is 12.2. The number of likely N-dealkylation sites (tertiary alicyclic amines) is 1. The summed E-state index contributed by atoms with van der Waals surface area (Å²) in [6, 6.07) is 5.72. The first-order valence-corrected chi connectivity index (χ1v) is 9.01. The molecule has 120 valence electrons. The van der Waals surface area contributed by atoms with E-state index in [2.05, 4.69) is 0 Å². The lowest BCUT2D eigenvalue weighted by Gasteiger charge is -2.32. The molecule has 0 N–H and O–H groups in total. The Morgan fingerprint density at radius 1 is 1.14 bits per heavy atom. The molecule has 0 radical (unpaired) electrons. The van der Waals surface area contributed by atoms with Crippen LogP contribution in [0.1, 0.15) is 29.6 Å². The summed E-state index contributed by atoms with van der Waals surface area (Å²) in [5, 5.41) is 0. The molecule has 1 aliphatic heterocycles. The van der Waals surface area contributed by atoms with E-state index in [9.17, 15) is 22.0 Å². The van der Waals surface area contributed by atoms with Gasteiger partial charge in [0.2, 0.25) is 0 Å². The SMILES string of the molecule is CS(=O)(=O)c1ccc(C(=O)N2CCC3(CC2)CC3(F)F)cc1. The Labute approximate surface area is 128 Å². The number of piperidine rings is 1. The van der Waals surface area contributed by atoms with Crippen LogP contribution in [0.3, 0.4) is 0 Å². The van der Waals surface area contributed by atoms with Gasteiger partial charge < -0.3 is 4.90 Å². The molecule has 0 unspecified atom stereocenters. The van der Waals surface area contributed by atoms with Crippen molar-refractivity contribution >= 4 is 15.7 Å². The van der Waals surface area contributed by atoms with Gasteiger partial charge in [0.05, 0.1) is 4.90 Å². The molecule has 2 fully saturated rings. The van der Waals surface area contributed by atoms with Crippen molar-refractivity contribution in [3.63, 3.8) is 0 Å². The number of sulfone groups is 1. The van der Waals surface area contributed by atoms with Gasteiger partial charge in [0.1, 0.15) is 0 Å². The summed E-state index contributed by atoms with van der Waals surface area (Å²) in [5.74, 6) is -2.81. The predicted octanol–water partition coefficient (Wildman–Crippen LogP) is 2.35. The van der Waals surface area contributed by atoms with Gasteiger partial charge >= 0.3 is 0 Å². The molecule has 1 saturated carbocycles. The third kappa shape index (κ3) is 2.51. The van der Waals surface area contributed by atoms with Crippen molar-refractivity contribution in [2.45, 2.75) is 30.1 Å². The second-order valence-electron chi connectivity index (χ2n) is 6.25. The molecule has 1 aromatic carbocycles. The van der Waals surface area contributed by atoms with Crippen LogP contribution in [-0.2, 0) is 9.84 Å². The van der Waals surface area contributed by atoms with Gasteiger partial charge in [-0.3, -0.25) is 4.79 Å². The highest BCUT2D eigenvalue weighted by molar-refractivity contribution is 7.90. The molecule has 7 heteroatoms. The molecule has 22 heavy (non-hydrogen) atoms. The van der Waals surface area contributed by atoms with Crippen molar-refractivity contribution in [3.05, 3.63) is 29.8 Å². The number of rotatable bonds is 2. The molecule has 0 atom stereocenters. The topological polar surface area (TPSA) is 54.5 Å². The fourth-order valence-corrected chi connectivity index (χ4v) is 3.72. The third-order valence-corrected chi connectivity index (χ3v) is 5.88. The zero-order chi connectivity index (χ0) is 16.2. The minimum absolute atomic E-state index is 0.0644. The monoisotopic (exact) mass is 329 g/mol. The van der Waals surface area contributed by atoms with Gasteiger partial charge in [0, 0.05) is 36.7 Å². The fraction of sp³-hybridized carbons (Fsp3) is 0.533. The van der Waals surface area contributed by atoms with Crippen molar-refractivity contribution in [1.82, 2.24) is 4.90 Å².